The van der Waals surface area contributed by atoms with Crippen molar-refractivity contribution in [2.24, 2.45) is 0 Å². The molecular weight excluding hydrogens is 440 g/mol. The molecule has 7 nitrogen and oxygen atoms in total. The zero-order valence-electron chi connectivity index (χ0n) is 17.0. The molecule has 0 aromatic carbocycles. The summed E-state index contributed by atoms with van der Waals surface area (Å²) >= 11 is 0. The van der Waals surface area contributed by atoms with Gasteiger partial charge in [-0.25, -0.2) is 4.98 Å². The maximum Gasteiger partial charge on any atom is 0.433 e. The maximum absolute atomic E-state index is 13.0. The molecule has 32 heavy (non-hydrogen) atoms. The van der Waals surface area contributed by atoms with E-state index in [0.29, 0.717) is 0 Å². The van der Waals surface area contributed by atoms with Gasteiger partial charge in [0.05, 0.1) is 0 Å². The summed E-state index contributed by atoms with van der Waals surface area (Å²) in [5.41, 5.74) is -3.02. The van der Waals surface area contributed by atoms with Crippen molar-refractivity contribution in [3.8, 4) is 11.5 Å². The molecule has 0 saturated carbocycles. The van der Waals surface area contributed by atoms with Crippen LogP contribution in [0.2, 0.25) is 0 Å². The number of alkyl halides is 6. The summed E-state index contributed by atoms with van der Waals surface area (Å²) in [7, 11) is 0. The first-order chi connectivity index (χ1) is 14.7. The Morgan fingerprint density at radius 3 is 2.03 bits per heavy atom. The van der Waals surface area contributed by atoms with E-state index in [1.54, 1.807) is 20.8 Å². The van der Waals surface area contributed by atoms with E-state index in [9.17, 15) is 26.3 Å². The van der Waals surface area contributed by atoms with Crippen molar-refractivity contribution < 1.29 is 26.3 Å². The van der Waals surface area contributed by atoms with E-state index in [2.05, 4.69) is 35.6 Å². The van der Waals surface area contributed by atoms with Crippen molar-refractivity contribution in [3.63, 3.8) is 0 Å². The van der Waals surface area contributed by atoms with Crippen LogP contribution in [-0.4, -0.2) is 30.5 Å². The van der Waals surface area contributed by atoms with Crippen LogP contribution in [0.25, 0.3) is 11.5 Å². The highest BCUT2D eigenvalue weighted by Gasteiger charge is 2.33. The molecular formula is C19H17F6N7. The van der Waals surface area contributed by atoms with Crippen LogP contribution >= 0.6 is 0 Å². The highest BCUT2D eigenvalue weighted by Crippen LogP contribution is 2.31. The highest BCUT2D eigenvalue weighted by molar-refractivity contribution is 5.59. The molecule has 3 aromatic heterocycles. The second-order valence-corrected chi connectivity index (χ2v) is 7.64. The van der Waals surface area contributed by atoms with Gasteiger partial charge in [0.25, 0.3) is 0 Å². The summed E-state index contributed by atoms with van der Waals surface area (Å²) in [6.07, 6.45) is -8.39. The van der Waals surface area contributed by atoms with Crippen molar-refractivity contribution in [3.05, 3.63) is 47.9 Å². The summed E-state index contributed by atoms with van der Waals surface area (Å²) in [4.78, 5) is 19.1. The van der Waals surface area contributed by atoms with Crippen molar-refractivity contribution in [2.75, 3.05) is 10.6 Å². The van der Waals surface area contributed by atoms with E-state index in [-0.39, 0.29) is 29.1 Å². The lowest BCUT2D eigenvalue weighted by molar-refractivity contribution is -0.141. The Labute approximate surface area is 178 Å². The fourth-order valence-electron chi connectivity index (χ4n) is 2.45. The number of hydrogen-bond donors (Lipinski definition) is 2. The number of pyridine rings is 2. The monoisotopic (exact) mass is 457 g/mol. The van der Waals surface area contributed by atoms with Crippen LogP contribution in [0.3, 0.4) is 0 Å². The molecule has 0 aliphatic carbocycles. The number of nitrogens with zero attached hydrogens (tertiary/aromatic N) is 5. The van der Waals surface area contributed by atoms with Gasteiger partial charge in [-0.3, -0.25) is 4.98 Å². The lowest BCUT2D eigenvalue weighted by Crippen LogP contribution is -2.27. The van der Waals surface area contributed by atoms with Crippen LogP contribution in [0.5, 0.6) is 0 Å². The van der Waals surface area contributed by atoms with Crippen LogP contribution in [0, 0.1) is 0 Å². The average Bonchev–Trinajstić information content (AvgIpc) is 2.65. The molecule has 13 heteroatoms. The van der Waals surface area contributed by atoms with Crippen LogP contribution in [0.4, 0.5) is 43.9 Å². The number of hydrogen-bond acceptors (Lipinski definition) is 7. The minimum absolute atomic E-state index is 0.00527. The fraction of sp³-hybridized carbons (Fsp3) is 0.316. The zero-order valence-corrected chi connectivity index (χ0v) is 17.0. The third kappa shape index (κ3) is 6.02. The Balaban J connectivity index is 2.05. The van der Waals surface area contributed by atoms with Gasteiger partial charge in [-0.05, 0) is 45.0 Å². The zero-order chi connectivity index (χ0) is 23.7. The maximum atomic E-state index is 13.0. The summed E-state index contributed by atoms with van der Waals surface area (Å²) in [6, 6.07) is 5.25. The summed E-state index contributed by atoms with van der Waals surface area (Å²) in [5.74, 6) is -0.403. The normalized spacial score (nSPS) is 12.5. The van der Waals surface area contributed by atoms with E-state index in [0.717, 1.165) is 24.4 Å². The summed E-state index contributed by atoms with van der Waals surface area (Å²) < 4.78 is 77.9. The third-order valence-electron chi connectivity index (χ3n) is 3.70. The van der Waals surface area contributed by atoms with E-state index >= 15 is 0 Å². The molecule has 3 heterocycles. The SMILES string of the molecule is CC(C)(C)Nc1nc(Nc2ccnc(C(F)(F)F)c2)nc(-c2cccc(C(F)(F)F)n2)n1. The Hall–Kier alpha value is -3.51. The van der Waals surface area contributed by atoms with Gasteiger partial charge in [-0.1, -0.05) is 6.07 Å². The molecule has 0 amide bonds. The van der Waals surface area contributed by atoms with Gasteiger partial charge in [0.15, 0.2) is 5.82 Å². The molecule has 0 atom stereocenters. The van der Waals surface area contributed by atoms with E-state index in [1.165, 1.54) is 12.1 Å². The minimum Gasteiger partial charge on any atom is -0.349 e. The Kier molecular flexibility index (Phi) is 5.94. The lowest BCUT2D eigenvalue weighted by Gasteiger charge is -2.21. The Morgan fingerprint density at radius 1 is 0.750 bits per heavy atom. The van der Waals surface area contributed by atoms with Crippen LogP contribution in [-0.2, 0) is 12.4 Å². The first kappa shape index (κ1) is 23.2. The van der Waals surface area contributed by atoms with Crippen molar-refractivity contribution >= 4 is 17.6 Å². The second kappa shape index (κ2) is 8.20. The van der Waals surface area contributed by atoms with E-state index in [4.69, 9.17) is 0 Å². The van der Waals surface area contributed by atoms with E-state index < -0.39 is 29.3 Å². The quantitative estimate of drug-likeness (QED) is 0.513. The molecule has 0 spiro atoms. The predicted molar refractivity (Wildman–Crippen MR) is 104 cm³/mol. The van der Waals surface area contributed by atoms with Gasteiger partial charge in [-0.2, -0.15) is 41.3 Å². The van der Waals surface area contributed by atoms with Crippen molar-refractivity contribution in [1.82, 2.24) is 24.9 Å². The van der Waals surface area contributed by atoms with Gasteiger partial charge < -0.3 is 10.6 Å². The smallest absolute Gasteiger partial charge is 0.349 e. The summed E-state index contributed by atoms with van der Waals surface area (Å²) in [5, 5.41) is 5.56. The number of rotatable bonds is 4. The lowest BCUT2D eigenvalue weighted by atomic mass is 10.1. The van der Waals surface area contributed by atoms with Gasteiger partial charge in [0.2, 0.25) is 11.9 Å². The number of aromatic nitrogens is 5. The Bertz CT molecular complexity index is 1110. The second-order valence-electron chi connectivity index (χ2n) is 7.64. The van der Waals surface area contributed by atoms with Crippen LogP contribution in [0.15, 0.2) is 36.5 Å². The standard InChI is InChI=1S/C19H17F6N7/c1-17(2,3)32-16-30-14(11-5-4-6-12(28-11)18(20,21)22)29-15(31-16)27-10-7-8-26-13(9-10)19(23,24)25/h4-9H,1-3H3,(H2,26,27,29,30,31,32). The topological polar surface area (TPSA) is 88.5 Å². The third-order valence-corrected chi connectivity index (χ3v) is 3.70. The molecule has 0 bridgehead atoms. The number of anilines is 3. The minimum atomic E-state index is -4.68. The Morgan fingerprint density at radius 2 is 1.41 bits per heavy atom. The fourth-order valence-corrected chi connectivity index (χ4v) is 2.45. The molecule has 0 unspecified atom stereocenters. The average molecular weight is 457 g/mol. The van der Waals surface area contributed by atoms with Crippen molar-refractivity contribution in [2.45, 2.75) is 38.7 Å². The van der Waals surface area contributed by atoms with Gasteiger partial charge >= 0.3 is 12.4 Å². The molecule has 0 fully saturated rings. The molecule has 0 aliphatic heterocycles. The van der Waals surface area contributed by atoms with Crippen LogP contribution < -0.4 is 10.6 Å². The van der Waals surface area contributed by atoms with Gasteiger partial charge in [0, 0.05) is 17.4 Å². The van der Waals surface area contributed by atoms with E-state index in [1.807, 2.05) is 0 Å². The molecule has 3 rings (SSSR count). The molecule has 0 saturated heterocycles. The molecule has 2 N–H and O–H groups in total. The molecule has 3 aromatic rings. The highest BCUT2D eigenvalue weighted by atomic mass is 19.4. The molecule has 0 aliphatic rings. The molecule has 170 valence electrons. The number of nitrogens with one attached hydrogen (secondary N) is 2. The first-order valence-electron chi connectivity index (χ1n) is 9.10. The summed E-state index contributed by atoms with van der Waals surface area (Å²) in [6.45, 7) is 5.39. The van der Waals surface area contributed by atoms with Gasteiger partial charge in [0.1, 0.15) is 17.1 Å². The van der Waals surface area contributed by atoms with Crippen molar-refractivity contribution in [1.29, 1.82) is 0 Å². The first-order valence-corrected chi connectivity index (χ1v) is 9.10. The largest absolute Gasteiger partial charge is 0.433 e. The predicted octanol–water partition coefficient (Wildman–Crippen LogP) is 5.32. The molecule has 0 radical (unpaired) electrons. The number of halogens is 6. The van der Waals surface area contributed by atoms with Crippen LogP contribution in [0.1, 0.15) is 32.2 Å². The van der Waals surface area contributed by atoms with Gasteiger partial charge in [-0.15, -0.1) is 0 Å².